The van der Waals surface area contributed by atoms with Gasteiger partial charge in [-0.2, -0.15) is 0 Å². The molecule has 1 heteroatoms. The van der Waals surface area contributed by atoms with Crippen LogP contribution in [0, 0.1) is 11.8 Å². The Morgan fingerprint density at radius 2 is 1.53 bits per heavy atom. The third-order valence-corrected chi connectivity index (χ3v) is 3.33. The molecule has 1 unspecified atom stereocenters. The zero-order valence-corrected chi connectivity index (χ0v) is 11.5. The van der Waals surface area contributed by atoms with Crippen LogP contribution < -0.4 is 5.32 Å². The van der Waals surface area contributed by atoms with Crippen molar-refractivity contribution in [1.29, 1.82) is 0 Å². The quantitative estimate of drug-likeness (QED) is 0.604. The van der Waals surface area contributed by atoms with Gasteiger partial charge in [0.1, 0.15) is 0 Å². The summed E-state index contributed by atoms with van der Waals surface area (Å²) in [5, 5.41) is 3.58. The topological polar surface area (TPSA) is 12.0 Å². The highest BCUT2D eigenvalue weighted by Gasteiger charge is 2.13. The van der Waals surface area contributed by atoms with Gasteiger partial charge in [0.2, 0.25) is 0 Å². The summed E-state index contributed by atoms with van der Waals surface area (Å²) in [7, 11) is 0. The fraction of sp³-hybridized carbons (Fsp3) is 1.00. The zero-order valence-electron chi connectivity index (χ0n) is 11.5. The fourth-order valence-corrected chi connectivity index (χ4v) is 2.21. The molecule has 0 aromatic heterocycles. The molecule has 15 heavy (non-hydrogen) atoms. The standard InChI is InChI=1S/C14H31N/c1-6-9-14(11-15-12(4)5)10-13(7-2)8-3/h12-15H,6-11H2,1-5H3. The summed E-state index contributed by atoms with van der Waals surface area (Å²) >= 11 is 0. The molecule has 0 heterocycles. The second-order valence-electron chi connectivity index (χ2n) is 5.14. The van der Waals surface area contributed by atoms with Crippen molar-refractivity contribution in [1.82, 2.24) is 5.32 Å². The summed E-state index contributed by atoms with van der Waals surface area (Å²) in [6.45, 7) is 12.6. The fourth-order valence-electron chi connectivity index (χ4n) is 2.21. The van der Waals surface area contributed by atoms with Gasteiger partial charge in [-0.3, -0.25) is 0 Å². The van der Waals surface area contributed by atoms with Crippen LogP contribution in [0.5, 0.6) is 0 Å². The van der Waals surface area contributed by atoms with Crippen molar-refractivity contribution in [3.05, 3.63) is 0 Å². The molecule has 0 aliphatic carbocycles. The predicted octanol–water partition coefficient (Wildman–Crippen LogP) is 4.23. The minimum Gasteiger partial charge on any atom is -0.314 e. The Kier molecular flexibility index (Phi) is 9.18. The third-order valence-electron chi connectivity index (χ3n) is 3.33. The monoisotopic (exact) mass is 213 g/mol. The van der Waals surface area contributed by atoms with Crippen molar-refractivity contribution in [3.63, 3.8) is 0 Å². The summed E-state index contributed by atoms with van der Waals surface area (Å²) in [6.07, 6.45) is 6.82. The molecule has 0 saturated heterocycles. The lowest BCUT2D eigenvalue weighted by atomic mass is 9.88. The molecule has 0 bridgehead atoms. The molecule has 1 N–H and O–H groups in total. The number of rotatable bonds is 9. The molecule has 0 aromatic carbocycles. The normalized spacial score (nSPS) is 13.8. The van der Waals surface area contributed by atoms with E-state index < -0.39 is 0 Å². The SMILES string of the molecule is CCCC(CNC(C)C)CC(CC)CC. The van der Waals surface area contributed by atoms with Gasteiger partial charge >= 0.3 is 0 Å². The Balaban J connectivity index is 3.90. The van der Waals surface area contributed by atoms with Gasteiger partial charge in [0, 0.05) is 6.04 Å². The van der Waals surface area contributed by atoms with E-state index in [2.05, 4.69) is 39.9 Å². The highest BCUT2D eigenvalue weighted by atomic mass is 14.9. The Labute approximate surface area is 97.0 Å². The lowest BCUT2D eigenvalue weighted by Crippen LogP contribution is -2.30. The van der Waals surface area contributed by atoms with Gasteiger partial charge in [-0.25, -0.2) is 0 Å². The first-order valence-electron chi connectivity index (χ1n) is 6.87. The molecule has 0 saturated carbocycles. The van der Waals surface area contributed by atoms with Gasteiger partial charge in [0.05, 0.1) is 0 Å². The van der Waals surface area contributed by atoms with E-state index in [9.17, 15) is 0 Å². The molecule has 1 nitrogen and oxygen atoms in total. The second-order valence-corrected chi connectivity index (χ2v) is 5.14. The summed E-state index contributed by atoms with van der Waals surface area (Å²) < 4.78 is 0. The maximum atomic E-state index is 3.58. The van der Waals surface area contributed by atoms with E-state index in [0.717, 1.165) is 11.8 Å². The van der Waals surface area contributed by atoms with Crippen molar-refractivity contribution in [2.24, 2.45) is 11.8 Å². The Morgan fingerprint density at radius 1 is 0.933 bits per heavy atom. The van der Waals surface area contributed by atoms with Gasteiger partial charge in [-0.15, -0.1) is 0 Å². The minimum absolute atomic E-state index is 0.631. The Morgan fingerprint density at radius 3 is 1.93 bits per heavy atom. The first-order valence-corrected chi connectivity index (χ1v) is 6.87. The van der Waals surface area contributed by atoms with E-state index in [-0.39, 0.29) is 0 Å². The van der Waals surface area contributed by atoms with Crippen LogP contribution in [0.15, 0.2) is 0 Å². The van der Waals surface area contributed by atoms with Gasteiger partial charge in [-0.1, -0.05) is 53.9 Å². The van der Waals surface area contributed by atoms with Crippen molar-refractivity contribution >= 4 is 0 Å². The molecule has 0 radical (unpaired) electrons. The second kappa shape index (κ2) is 9.21. The van der Waals surface area contributed by atoms with Gasteiger partial charge < -0.3 is 5.32 Å². The smallest absolute Gasteiger partial charge is 0.00104 e. The van der Waals surface area contributed by atoms with Gasteiger partial charge in [0.25, 0.3) is 0 Å². The maximum Gasteiger partial charge on any atom is 0.00104 e. The highest BCUT2D eigenvalue weighted by molar-refractivity contribution is 4.68. The predicted molar refractivity (Wildman–Crippen MR) is 70.2 cm³/mol. The van der Waals surface area contributed by atoms with Crippen molar-refractivity contribution in [2.45, 2.75) is 72.8 Å². The van der Waals surface area contributed by atoms with Crippen LogP contribution in [-0.2, 0) is 0 Å². The summed E-state index contributed by atoms with van der Waals surface area (Å²) in [5.74, 6) is 1.83. The molecule has 0 aliphatic rings. The lowest BCUT2D eigenvalue weighted by Gasteiger charge is -2.23. The number of nitrogens with one attached hydrogen (secondary N) is 1. The van der Waals surface area contributed by atoms with Crippen LogP contribution in [0.1, 0.15) is 66.7 Å². The van der Waals surface area contributed by atoms with Crippen LogP contribution in [0.2, 0.25) is 0 Å². The first kappa shape index (κ1) is 15.0. The van der Waals surface area contributed by atoms with Crippen LogP contribution in [0.25, 0.3) is 0 Å². The molecule has 0 aliphatic heterocycles. The molecule has 1 atom stereocenters. The Hall–Kier alpha value is -0.0400. The summed E-state index contributed by atoms with van der Waals surface area (Å²) in [5.41, 5.74) is 0. The molecular formula is C14H31N. The van der Waals surface area contributed by atoms with E-state index in [1.165, 1.54) is 38.6 Å². The maximum absolute atomic E-state index is 3.58. The minimum atomic E-state index is 0.631. The van der Waals surface area contributed by atoms with E-state index in [4.69, 9.17) is 0 Å². The number of hydrogen-bond acceptors (Lipinski definition) is 1. The average molecular weight is 213 g/mol. The molecular weight excluding hydrogens is 182 g/mol. The average Bonchev–Trinajstić information content (AvgIpc) is 2.22. The van der Waals surface area contributed by atoms with E-state index in [1.54, 1.807) is 0 Å². The van der Waals surface area contributed by atoms with E-state index in [1.807, 2.05) is 0 Å². The molecule has 0 fully saturated rings. The zero-order chi connectivity index (χ0) is 11.7. The Bertz CT molecular complexity index is 127. The largest absolute Gasteiger partial charge is 0.314 e. The molecule has 92 valence electrons. The van der Waals surface area contributed by atoms with Gasteiger partial charge in [-0.05, 0) is 31.2 Å². The van der Waals surface area contributed by atoms with E-state index in [0.29, 0.717) is 6.04 Å². The van der Waals surface area contributed by atoms with Crippen LogP contribution >= 0.6 is 0 Å². The van der Waals surface area contributed by atoms with Crippen molar-refractivity contribution < 1.29 is 0 Å². The van der Waals surface area contributed by atoms with Crippen LogP contribution in [0.4, 0.5) is 0 Å². The van der Waals surface area contributed by atoms with E-state index >= 15 is 0 Å². The highest BCUT2D eigenvalue weighted by Crippen LogP contribution is 2.22. The molecule has 0 spiro atoms. The summed E-state index contributed by atoms with van der Waals surface area (Å²) in [4.78, 5) is 0. The molecule has 0 rings (SSSR count). The molecule has 0 amide bonds. The molecule has 0 aromatic rings. The van der Waals surface area contributed by atoms with Crippen LogP contribution in [0.3, 0.4) is 0 Å². The van der Waals surface area contributed by atoms with Crippen LogP contribution in [-0.4, -0.2) is 12.6 Å². The lowest BCUT2D eigenvalue weighted by molar-refractivity contribution is 0.316. The van der Waals surface area contributed by atoms with Crippen molar-refractivity contribution in [3.8, 4) is 0 Å². The third kappa shape index (κ3) is 7.84. The van der Waals surface area contributed by atoms with Crippen molar-refractivity contribution in [2.75, 3.05) is 6.54 Å². The summed E-state index contributed by atoms with van der Waals surface area (Å²) in [6, 6.07) is 0.631. The number of hydrogen-bond donors (Lipinski definition) is 1. The first-order chi connectivity index (χ1) is 7.13. The van der Waals surface area contributed by atoms with Gasteiger partial charge in [0.15, 0.2) is 0 Å².